The van der Waals surface area contributed by atoms with E-state index in [4.69, 9.17) is 28.2 Å². The Kier molecular flexibility index (Phi) is 49.1. The number of aliphatic hydroxyl groups is 7. The molecule has 536 valence electrons. The zero-order valence-corrected chi connectivity index (χ0v) is 57.5. The predicted molar refractivity (Wildman–Crippen MR) is 349 cm³/mol. The second-order valence-corrected chi connectivity index (χ2v) is 27.4. The van der Waals surface area contributed by atoms with Gasteiger partial charge in [0.05, 0.1) is 63.3 Å². The first-order chi connectivity index (χ1) is 43.8. The normalized spacial score (nSPS) is 23.3. The lowest BCUT2D eigenvalue weighted by Crippen LogP contribution is -2.67. The molecule has 11 N–H and O–H groups in total. The fourth-order valence-electron chi connectivity index (χ4n) is 12.1. The lowest BCUT2D eigenvalue weighted by molar-refractivity contribution is -0.298. The van der Waals surface area contributed by atoms with Gasteiger partial charge in [0.25, 0.3) is 0 Å². The molecule has 91 heavy (non-hydrogen) atoms. The van der Waals surface area contributed by atoms with Crippen molar-refractivity contribution in [2.24, 2.45) is 0 Å². The fourth-order valence-corrected chi connectivity index (χ4v) is 12.6. The van der Waals surface area contributed by atoms with E-state index >= 15 is 0 Å². The molecule has 4 unspecified atom stereocenters. The fraction of sp³-hybridized carbons (Fsp3) is 0.941. The molecule has 2 heterocycles. The molecule has 2 amide bonds. The van der Waals surface area contributed by atoms with E-state index < -0.39 is 156 Å². The molecule has 0 radical (unpaired) electrons. The maximum absolute atomic E-state index is 13.9. The summed E-state index contributed by atoms with van der Waals surface area (Å²) < 4.78 is 47.5. The highest BCUT2D eigenvalue weighted by molar-refractivity contribution is 7.46. The van der Waals surface area contributed by atoms with E-state index in [1.165, 1.54) is 70.6 Å². The lowest BCUT2D eigenvalue weighted by atomic mass is 9.95. The van der Waals surface area contributed by atoms with Crippen LogP contribution in [0.3, 0.4) is 0 Å². The van der Waals surface area contributed by atoms with Crippen molar-refractivity contribution in [3.8, 4) is 0 Å². The minimum absolute atomic E-state index is 0.246. The van der Waals surface area contributed by atoms with Crippen molar-refractivity contribution in [3.05, 3.63) is 0 Å². The van der Waals surface area contributed by atoms with Crippen molar-refractivity contribution in [3.63, 3.8) is 0 Å². The van der Waals surface area contributed by atoms with Crippen LogP contribution >= 0.6 is 7.82 Å². The molecule has 2 fully saturated rings. The lowest BCUT2D eigenvalue weighted by Gasteiger charge is -2.46. The quantitative estimate of drug-likeness (QED) is 0.0153. The van der Waals surface area contributed by atoms with E-state index in [0.29, 0.717) is 38.5 Å². The highest BCUT2D eigenvalue weighted by atomic mass is 31.2. The highest BCUT2D eigenvalue weighted by Gasteiger charge is 2.53. The van der Waals surface area contributed by atoms with Crippen LogP contribution in [0, 0.1) is 0 Å². The summed E-state index contributed by atoms with van der Waals surface area (Å²) in [7, 11) is -5.54. The Morgan fingerprint density at radius 1 is 0.418 bits per heavy atom. The maximum atomic E-state index is 13.9. The Bertz CT molecular complexity index is 1890. The van der Waals surface area contributed by atoms with Gasteiger partial charge in [0.15, 0.2) is 24.8 Å². The first-order valence-electron chi connectivity index (χ1n) is 36.1. The number of ether oxygens (including phenoxy) is 5. The zero-order chi connectivity index (χ0) is 67.1. The number of nitrogens with one attached hydrogen (secondary N) is 2. The van der Waals surface area contributed by atoms with E-state index in [0.717, 1.165) is 135 Å². The third-order valence-electron chi connectivity index (χ3n) is 17.6. The summed E-state index contributed by atoms with van der Waals surface area (Å²) >= 11 is 0. The van der Waals surface area contributed by atoms with Crippen LogP contribution in [-0.2, 0) is 52.0 Å². The smallest absolute Gasteiger partial charge is 0.457 e. The van der Waals surface area contributed by atoms with E-state index in [1.807, 2.05) is 0 Å². The number of phosphoric ester groups is 1. The Morgan fingerprint density at radius 3 is 1.00 bits per heavy atom. The number of amides is 2. The maximum Gasteiger partial charge on any atom is 0.472 e. The van der Waals surface area contributed by atoms with Gasteiger partial charge in [-0.2, -0.15) is 0 Å². The summed E-state index contributed by atoms with van der Waals surface area (Å²) in [6, 6.07) is -3.44. The third-order valence-corrected chi connectivity index (χ3v) is 18.1. The summed E-state index contributed by atoms with van der Waals surface area (Å²) in [4.78, 5) is 75.5. The minimum atomic E-state index is -5.54. The standard InChI is InChI=1S/C68H129N2O20P/c1-5-9-13-17-21-25-29-33-37-41-51(72)45-57(76)69-61-65(88-59(78)47-53(74)43-39-35-31-27-23-19-15-11-7-3)63(80)55(49-71)86-67(61)85-50-56-64(81)66(89-60(79)48-54(75)44-40-36-32-28-24-20-16-12-8-4)62(68(87-56)90-91(82,83)84)70-58(77)46-52(73)42-38-34-30-26-22-18-14-10-6-2/h51-56,61-68,71-75,80-81H,5-50H2,1-4H3,(H,69,76)(H,70,77)(H2,82,83,84)/t51-,52-,53-,54-,55?,56?,61+,62+,63-,64-,65?,66?,67+,68-/m1/s1. The average molecular weight is 1330 g/mol. The van der Waals surface area contributed by atoms with Gasteiger partial charge < -0.3 is 79.9 Å². The minimum Gasteiger partial charge on any atom is -0.457 e. The van der Waals surface area contributed by atoms with Gasteiger partial charge in [-0.3, -0.25) is 23.7 Å². The van der Waals surface area contributed by atoms with Gasteiger partial charge >= 0.3 is 19.8 Å². The van der Waals surface area contributed by atoms with Crippen LogP contribution in [0.5, 0.6) is 0 Å². The number of unbranched alkanes of at least 4 members (excludes halogenated alkanes) is 32. The average Bonchev–Trinajstić information content (AvgIpc) is 0.815. The van der Waals surface area contributed by atoms with E-state index in [2.05, 4.69) is 38.3 Å². The van der Waals surface area contributed by atoms with Crippen LogP contribution in [0.15, 0.2) is 0 Å². The van der Waals surface area contributed by atoms with Gasteiger partial charge in [-0.15, -0.1) is 0 Å². The first-order valence-corrected chi connectivity index (χ1v) is 37.6. The summed E-state index contributed by atoms with van der Waals surface area (Å²) in [6.45, 7) is 6.95. The SMILES string of the molecule is CCCCCCCCCCC[C@@H](O)CC(=O)N[C@H]1C(OC(=O)C[C@H](O)CCCCCCCCCCC)[C@H](O)C(CO[C@H]2OC(CO)[C@@H](O)C(OC(=O)C[C@H](O)CCCCCCCCCCC)[C@@H]2NC(=O)C[C@H](O)CCCCCCCCCCC)O[C@@H]1OP(=O)(O)O. The molecule has 0 aromatic carbocycles. The summed E-state index contributed by atoms with van der Waals surface area (Å²) in [6.07, 6.45) is 17.3. The van der Waals surface area contributed by atoms with Gasteiger partial charge in [-0.05, 0) is 25.7 Å². The van der Waals surface area contributed by atoms with E-state index in [-0.39, 0.29) is 12.8 Å². The predicted octanol–water partition coefficient (Wildman–Crippen LogP) is 10.8. The molecule has 2 aliphatic heterocycles. The summed E-state index contributed by atoms with van der Waals surface area (Å²) in [5, 5.41) is 83.4. The Hall–Kier alpha value is -2.41. The van der Waals surface area contributed by atoms with Crippen molar-refractivity contribution in [2.75, 3.05) is 13.2 Å². The van der Waals surface area contributed by atoms with Crippen LogP contribution in [-0.4, -0.2) is 168 Å². The van der Waals surface area contributed by atoms with Crippen molar-refractivity contribution in [1.82, 2.24) is 10.6 Å². The molecule has 22 nitrogen and oxygen atoms in total. The molecular formula is C68H129N2O20P. The third kappa shape index (κ3) is 40.7. The second-order valence-electron chi connectivity index (χ2n) is 26.2. The number of carbonyl (C=O) groups excluding carboxylic acids is 4. The molecule has 0 aliphatic carbocycles. The Balaban J connectivity index is 2.43. The molecule has 2 saturated heterocycles. The van der Waals surface area contributed by atoms with Crippen LogP contribution in [0.2, 0.25) is 0 Å². The van der Waals surface area contributed by atoms with Crippen molar-refractivity contribution < 1.29 is 97.5 Å². The monoisotopic (exact) mass is 1320 g/mol. The van der Waals surface area contributed by atoms with Crippen molar-refractivity contribution in [1.29, 1.82) is 0 Å². The molecule has 2 aliphatic rings. The van der Waals surface area contributed by atoms with Crippen LogP contribution < -0.4 is 10.6 Å². The van der Waals surface area contributed by atoms with E-state index in [9.17, 15) is 69.3 Å². The molecule has 0 bridgehead atoms. The molecule has 23 heteroatoms. The number of hydrogen-bond donors (Lipinski definition) is 11. The van der Waals surface area contributed by atoms with Crippen molar-refractivity contribution >= 4 is 31.6 Å². The Labute approximate surface area is 546 Å². The molecule has 0 saturated carbocycles. The van der Waals surface area contributed by atoms with Gasteiger partial charge in [0, 0.05) is 0 Å². The number of hydrogen-bond acceptors (Lipinski definition) is 18. The van der Waals surface area contributed by atoms with Crippen LogP contribution in [0.1, 0.15) is 310 Å². The first kappa shape index (κ1) is 84.7. The molecule has 2 rings (SSSR count). The highest BCUT2D eigenvalue weighted by Crippen LogP contribution is 2.41. The molecule has 14 atom stereocenters. The van der Waals surface area contributed by atoms with Crippen LogP contribution in [0.25, 0.3) is 0 Å². The Morgan fingerprint density at radius 2 is 0.692 bits per heavy atom. The number of esters is 2. The van der Waals surface area contributed by atoms with Gasteiger partial charge in [-0.25, -0.2) is 4.57 Å². The number of phosphoric acid groups is 1. The van der Waals surface area contributed by atoms with Gasteiger partial charge in [0.2, 0.25) is 11.8 Å². The van der Waals surface area contributed by atoms with Gasteiger partial charge in [0.1, 0.15) is 36.5 Å². The van der Waals surface area contributed by atoms with Crippen LogP contribution in [0.4, 0.5) is 0 Å². The molecule has 0 aromatic rings. The number of rotatable bonds is 58. The largest absolute Gasteiger partial charge is 0.472 e. The number of aliphatic hydroxyl groups excluding tert-OH is 7. The summed E-state index contributed by atoms with van der Waals surface area (Å²) in [5.41, 5.74) is 0. The topological polar surface area (TPSA) is 347 Å². The van der Waals surface area contributed by atoms with E-state index in [1.54, 1.807) is 0 Å². The number of carbonyl (C=O) groups is 4. The second kappa shape index (κ2) is 52.7. The molecule has 0 spiro atoms. The molecular weight excluding hydrogens is 1200 g/mol. The summed E-state index contributed by atoms with van der Waals surface area (Å²) in [5.74, 6) is -3.62. The van der Waals surface area contributed by atoms with Gasteiger partial charge in [-0.1, -0.05) is 259 Å². The van der Waals surface area contributed by atoms with Crippen molar-refractivity contribution in [2.45, 2.75) is 396 Å². The zero-order valence-electron chi connectivity index (χ0n) is 56.6. The molecule has 0 aromatic heterocycles.